The molecule has 3 nitrogen and oxygen atoms in total. The van der Waals surface area contributed by atoms with E-state index in [9.17, 15) is 4.79 Å². The Morgan fingerprint density at radius 3 is 2.50 bits per heavy atom. The SMILES string of the molecule is CC[C@]12CC3CC1(C(=O)N[C@H]1CC[C@@H](CN)CC1)C[C@@](c1ccccc1)(C3)C2. The largest absolute Gasteiger partial charge is 0.353 e. The van der Waals surface area contributed by atoms with Crippen LogP contribution in [0.2, 0.25) is 0 Å². The third kappa shape index (κ3) is 2.54. The van der Waals surface area contributed by atoms with Gasteiger partial charge in [0.2, 0.25) is 5.91 Å². The van der Waals surface area contributed by atoms with Gasteiger partial charge in [0.25, 0.3) is 0 Å². The molecule has 0 heterocycles. The molecule has 0 spiro atoms. The topological polar surface area (TPSA) is 55.1 Å². The first kappa shape index (κ1) is 18.7. The minimum absolute atomic E-state index is 0.134. The molecule has 5 aliphatic carbocycles. The van der Waals surface area contributed by atoms with Gasteiger partial charge < -0.3 is 11.1 Å². The quantitative estimate of drug-likeness (QED) is 0.787. The molecule has 4 bridgehead atoms. The smallest absolute Gasteiger partial charge is 0.227 e. The highest BCUT2D eigenvalue weighted by Gasteiger charge is 2.73. The first-order chi connectivity index (χ1) is 13.5. The van der Waals surface area contributed by atoms with Crippen LogP contribution >= 0.6 is 0 Å². The minimum Gasteiger partial charge on any atom is -0.353 e. The van der Waals surface area contributed by atoms with E-state index >= 15 is 0 Å². The van der Waals surface area contributed by atoms with E-state index in [4.69, 9.17) is 5.73 Å². The van der Waals surface area contributed by atoms with E-state index in [1.165, 1.54) is 37.7 Å². The molecule has 0 aromatic heterocycles. The fourth-order valence-electron chi connectivity index (χ4n) is 8.16. The van der Waals surface area contributed by atoms with E-state index in [2.05, 4.69) is 42.6 Å². The summed E-state index contributed by atoms with van der Waals surface area (Å²) in [7, 11) is 0. The molecular weight excluding hydrogens is 344 g/mol. The van der Waals surface area contributed by atoms with Crippen LogP contribution in [0.1, 0.15) is 76.7 Å². The number of nitrogens with two attached hydrogens (primary N) is 1. The van der Waals surface area contributed by atoms with Gasteiger partial charge in [0, 0.05) is 6.04 Å². The van der Waals surface area contributed by atoms with Crippen LogP contribution in [0.5, 0.6) is 0 Å². The maximum Gasteiger partial charge on any atom is 0.227 e. The summed E-state index contributed by atoms with van der Waals surface area (Å²) in [5.74, 6) is 1.78. The summed E-state index contributed by atoms with van der Waals surface area (Å²) < 4.78 is 0. The molecule has 5 aliphatic rings. The molecule has 28 heavy (non-hydrogen) atoms. The van der Waals surface area contributed by atoms with Crippen LogP contribution in [0.3, 0.4) is 0 Å². The lowest BCUT2D eigenvalue weighted by Gasteiger charge is -2.41. The number of hydrogen-bond donors (Lipinski definition) is 2. The summed E-state index contributed by atoms with van der Waals surface area (Å²) in [5, 5.41) is 3.56. The molecule has 2 unspecified atom stereocenters. The number of amides is 1. The number of rotatable bonds is 5. The molecule has 1 aromatic rings. The first-order valence-electron chi connectivity index (χ1n) is 11.6. The van der Waals surface area contributed by atoms with Crippen molar-refractivity contribution in [1.29, 1.82) is 0 Å². The lowest BCUT2D eigenvalue weighted by molar-refractivity contribution is -0.137. The van der Waals surface area contributed by atoms with Crippen molar-refractivity contribution in [2.45, 2.75) is 82.6 Å². The van der Waals surface area contributed by atoms with Crippen molar-refractivity contribution in [3.63, 3.8) is 0 Å². The van der Waals surface area contributed by atoms with Gasteiger partial charge in [-0.3, -0.25) is 4.79 Å². The second-order valence-electron chi connectivity index (χ2n) is 10.6. The number of carbonyl (C=O) groups excluding carboxylic acids is 1. The highest BCUT2D eigenvalue weighted by atomic mass is 16.2. The van der Waals surface area contributed by atoms with Crippen LogP contribution in [0.15, 0.2) is 30.3 Å². The standard InChI is InChI=1S/C25H36N2O/c1-2-24-13-19-12-23(16-24,20-6-4-3-5-7-20)17-25(24,14-19)22(28)27-21-10-8-18(15-26)9-11-21/h3-7,18-19,21H,2,8-17,26H2,1H3,(H,27,28)/t18-,19?,21+,23-,24-,25?/m1/s1. The molecule has 4 atom stereocenters. The zero-order valence-electron chi connectivity index (χ0n) is 17.4. The maximum absolute atomic E-state index is 13.8. The Hall–Kier alpha value is -1.35. The summed E-state index contributed by atoms with van der Waals surface area (Å²) in [4.78, 5) is 13.8. The van der Waals surface area contributed by atoms with Crippen LogP contribution in [-0.4, -0.2) is 18.5 Å². The molecule has 5 fully saturated rings. The Kier molecular flexibility index (Phi) is 4.39. The van der Waals surface area contributed by atoms with E-state index in [0.29, 0.717) is 17.9 Å². The molecule has 0 saturated heterocycles. The fourth-order valence-corrected chi connectivity index (χ4v) is 8.16. The molecule has 0 aliphatic heterocycles. The van der Waals surface area contributed by atoms with Crippen LogP contribution in [0.4, 0.5) is 0 Å². The molecule has 3 N–H and O–H groups in total. The van der Waals surface area contributed by atoms with Crippen LogP contribution < -0.4 is 11.1 Å². The van der Waals surface area contributed by atoms with Crippen molar-refractivity contribution in [1.82, 2.24) is 5.32 Å². The van der Waals surface area contributed by atoms with Crippen molar-refractivity contribution in [2.75, 3.05) is 6.54 Å². The molecule has 1 aromatic carbocycles. The monoisotopic (exact) mass is 380 g/mol. The number of nitrogens with one attached hydrogen (secondary N) is 1. The Labute approximate surface area is 169 Å². The predicted octanol–water partition coefficient (Wildman–Crippen LogP) is 4.55. The maximum atomic E-state index is 13.8. The lowest BCUT2D eigenvalue weighted by atomic mass is 9.63. The van der Waals surface area contributed by atoms with Crippen LogP contribution in [-0.2, 0) is 10.2 Å². The fraction of sp³-hybridized carbons (Fsp3) is 0.720. The average Bonchev–Trinajstić information content (AvgIpc) is 3.09. The Morgan fingerprint density at radius 1 is 1.07 bits per heavy atom. The van der Waals surface area contributed by atoms with Crippen molar-refractivity contribution in [3.05, 3.63) is 35.9 Å². The molecule has 1 amide bonds. The molecule has 5 saturated carbocycles. The third-order valence-electron chi connectivity index (χ3n) is 9.34. The number of carbonyl (C=O) groups is 1. The second-order valence-corrected chi connectivity index (χ2v) is 10.6. The Balaban J connectivity index is 1.41. The molecule has 6 rings (SSSR count). The summed E-state index contributed by atoms with van der Waals surface area (Å²) >= 11 is 0. The second kappa shape index (κ2) is 6.58. The molecule has 152 valence electrons. The van der Waals surface area contributed by atoms with Gasteiger partial charge in [0.1, 0.15) is 0 Å². The van der Waals surface area contributed by atoms with Gasteiger partial charge in [-0.25, -0.2) is 0 Å². The predicted molar refractivity (Wildman–Crippen MR) is 113 cm³/mol. The van der Waals surface area contributed by atoms with Gasteiger partial charge in [-0.05, 0) is 99.0 Å². The molecular formula is C25H36N2O. The third-order valence-corrected chi connectivity index (χ3v) is 9.34. The molecule has 0 radical (unpaired) electrons. The van der Waals surface area contributed by atoms with Gasteiger partial charge in [-0.2, -0.15) is 0 Å². The summed E-state index contributed by atoms with van der Waals surface area (Å²) in [5.41, 5.74) is 7.65. The van der Waals surface area contributed by atoms with Gasteiger partial charge in [0.15, 0.2) is 0 Å². The summed E-state index contributed by atoms with van der Waals surface area (Å²) in [6.07, 6.45) is 11.7. The van der Waals surface area contributed by atoms with Gasteiger partial charge in [-0.1, -0.05) is 37.3 Å². The van der Waals surface area contributed by atoms with Crippen molar-refractivity contribution >= 4 is 5.91 Å². The van der Waals surface area contributed by atoms with Gasteiger partial charge >= 0.3 is 0 Å². The Bertz CT molecular complexity index is 740. The van der Waals surface area contributed by atoms with Crippen LogP contribution in [0, 0.1) is 22.7 Å². The highest BCUT2D eigenvalue weighted by molar-refractivity contribution is 5.85. The molecule has 3 heteroatoms. The highest BCUT2D eigenvalue weighted by Crippen LogP contribution is 2.77. The van der Waals surface area contributed by atoms with Gasteiger partial charge in [-0.15, -0.1) is 0 Å². The normalized spacial score (nSPS) is 44.0. The summed E-state index contributed by atoms with van der Waals surface area (Å²) in [6.45, 7) is 3.13. The van der Waals surface area contributed by atoms with E-state index in [0.717, 1.165) is 44.6 Å². The zero-order valence-corrected chi connectivity index (χ0v) is 17.4. The average molecular weight is 381 g/mol. The lowest BCUT2D eigenvalue weighted by Crippen LogP contribution is -2.51. The number of hydrogen-bond acceptors (Lipinski definition) is 2. The number of benzene rings is 1. The van der Waals surface area contributed by atoms with E-state index < -0.39 is 0 Å². The first-order valence-corrected chi connectivity index (χ1v) is 11.6. The van der Waals surface area contributed by atoms with Crippen molar-refractivity contribution in [3.8, 4) is 0 Å². The minimum atomic E-state index is -0.134. The van der Waals surface area contributed by atoms with Crippen molar-refractivity contribution in [2.24, 2.45) is 28.4 Å². The van der Waals surface area contributed by atoms with E-state index in [1.807, 2.05) is 0 Å². The summed E-state index contributed by atoms with van der Waals surface area (Å²) in [6, 6.07) is 11.5. The van der Waals surface area contributed by atoms with Crippen molar-refractivity contribution < 1.29 is 4.79 Å². The van der Waals surface area contributed by atoms with E-state index in [-0.39, 0.29) is 16.2 Å². The van der Waals surface area contributed by atoms with Crippen LogP contribution in [0.25, 0.3) is 0 Å². The van der Waals surface area contributed by atoms with E-state index in [1.54, 1.807) is 0 Å². The van der Waals surface area contributed by atoms with Gasteiger partial charge in [0.05, 0.1) is 5.41 Å². The zero-order chi connectivity index (χ0) is 19.4. The Morgan fingerprint density at radius 2 is 1.82 bits per heavy atom.